The lowest BCUT2D eigenvalue weighted by molar-refractivity contribution is -0.0483. The van der Waals surface area contributed by atoms with Crippen molar-refractivity contribution in [2.45, 2.75) is 115 Å². The number of hydrogen-bond acceptors (Lipinski definition) is 4. The standard InChI is InChI=1S/C26H42N4O/c1-3-4-5-6-7-8-9-10-12-28-25-15-21-14-22(16-25)18-26(17-21,19-25)30-24(31)23-11-13-27-20(2)29-23/h11,13,21-22,28H,3-10,12,14-19H2,1-2H3,(H,30,31). The van der Waals surface area contributed by atoms with Gasteiger partial charge in [-0.2, -0.15) is 0 Å². The third kappa shape index (κ3) is 5.66. The maximum Gasteiger partial charge on any atom is 0.270 e. The Bertz CT molecular complexity index is 735. The SMILES string of the molecule is CCCCCCCCCCNC12CC3CC(C1)CC(NC(=O)c1ccnc(C)n1)(C3)C2. The van der Waals surface area contributed by atoms with Crippen molar-refractivity contribution < 1.29 is 4.79 Å². The number of carbonyl (C=O) groups is 1. The van der Waals surface area contributed by atoms with Gasteiger partial charge in [-0.15, -0.1) is 0 Å². The molecule has 1 heterocycles. The minimum atomic E-state index is -0.0493. The highest BCUT2D eigenvalue weighted by Crippen LogP contribution is 2.57. The van der Waals surface area contributed by atoms with Crippen LogP contribution in [0.3, 0.4) is 0 Å². The van der Waals surface area contributed by atoms with Gasteiger partial charge in [0.05, 0.1) is 0 Å². The van der Waals surface area contributed by atoms with Crippen LogP contribution in [0.5, 0.6) is 0 Å². The summed E-state index contributed by atoms with van der Waals surface area (Å²) in [6.45, 7) is 5.25. The molecule has 31 heavy (non-hydrogen) atoms. The predicted octanol–water partition coefficient (Wildman–Crippen LogP) is 5.34. The van der Waals surface area contributed by atoms with Gasteiger partial charge in [-0.3, -0.25) is 4.79 Å². The summed E-state index contributed by atoms with van der Waals surface area (Å²) >= 11 is 0. The molecule has 1 aromatic rings. The van der Waals surface area contributed by atoms with Crippen LogP contribution in [0.2, 0.25) is 0 Å². The highest BCUT2D eigenvalue weighted by molar-refractivity contribution is 5.92. The van der Waals surface area contributed by atoms with Crippen molar-refractivity contribution in [3.63, 3.8) is 0 Å². The molecule has 1 amide bonds. The first-order valence-corrected chi connectivity index (χ1v) is 12.9. The zero-order valence-electron chi connectivity index (χ0n) is 19.7. The van der Waals surface area contributed by atoms with Gasteiger partial charge in [0.1, 0.15) is 11.5 Å². The van der Waals surface area contributed by atoms with E-state index in [-0.39, 0.29) is 17.0 Å². The van der Waals surface area contributed by atoms with Crippen molar-refractivity contribution in [1.82, 2.24) is 20.6 Å². The van der Waals surface area contributed by atoms with Crippen LogP contribution in [0.4, 0.5) is 0 Å². The maximum absolute atomic E-state index is 13.0. The van der Waals surface area contributed by atoms with Crippen LogP contribution in [-0.2, 0) is 0 Å². The van der Waals surface area contributed by atoms with Crippen LogP contribution in [0.1, 0.15) is 113 Å². The Morgan fingerprint density at radius 3 is 2.32 bits per heavy atom. The Labute approximate surface area is 188 Å². The number of aryl methyl sites for hydroxylation is 1. The normalized spacial score (nSPS) is 31.2. The van der Waals surface area contributed by atoms with E-state index >= 15 is 0 Å². The fraction of sp³-hybridized carbons (Fsp3) is 0.808. The molecule has 4 aliphatic carbocycles. The molecule has 0 saturated heterocycles. The summed E-state index contributed by atoms with van der Waals surface area (Å²) in [6.07, 6.45) is 19.9. The molecule has 2 unspecified atom stereocenters. The number of nitrogens with one attached hydrogen (secondary N) is 2. The first-order chi connectivity index (χ1) is 15.0. The molecule has 4 bridgehead atoms. The average Bonchev–Trinajstić information content (AvgIpc) is 2.71. The van der Waals surface area contributed by atoms with Gasteiger partial charge in [0.2, 0.25) is 0 Å². The number of unbranched alkanes of at least 4 members (excludes halogenated alkanes) is 7. The highest BCUT2D eigenvalue weighted by atomic mass is 16.2. The Hall–Kier alpha value is -1.49. The number of carbonyl (C=O) groups excluding carboxylic acids is 1. The van der Waals surface area contributed by atoms with Gasteiger partial charge in [0.15, 0.2) is 0 Å². The van der Waals surface area contributed by atoms with Crippen molar-refractivity contribution in [2.24, 2.45) is 11.8 Å². The van der Waals surface area contributed by atoms with E-state index in [1.54, 1.807) is 12.3 Å². The molecule has 5 nitrogen and oxygen atoms in total. The topological polar surface area (TPSA) is 66.9 Å². The fourth-order valence-corrected chi connectivity index (χ4v) is 7.12. The lowest BCUT2D eigenvalue weighted by Gasteiger charge is -2.62. The first kappa shape index (κ1) is 22.7. The van der Waals surface area contributed by atoms with Crippen molar-refractivity contribution in [1.29, 1.82) is 0 Å². The minimum Gasteiger partial charge on any atom is -0.345 e. The molecule has 4 fully saturated rings. The molecule has 0 aliphatic heterocycles. The lowest BCUT2D eigenvalue weighted by atomic mass is 9.50. The second-order valence-electron chi connectivity index (χ2n) is 10.9. The second-order valence-corrected chi connectivity index (χ2v) is 10.9. The van der Waals surface area contributed by atoms with Gasteiger partial charge in [-0.25, -0.2) is 9.97 Å². The number of rotatable bonds is 12. The van der Waals surface area contributed by atoms with Crippen molar-refractivity contribution in [3.8, 4) is 0 Å². The molecule has 4 saturated carbocycles. The molecule has 0 spiro atoms. The van der Waals surface area contributed by atoms with Crippen LogP contribution in [-0.4, -0.2) is 33.5 Å². The summed E-state index contributed by atoms with van der Waals surface area (Å²) in [7, 11) is 0. The van der Waals surface area contributed by atoms with Gasteiger partial charge >= 0.3 is 0 Å². The quantitative estimate of drug-likeness (QED) is 0.443. The summed E-state index contributed by atoms with van der Waals surface area (Å²) in [6, 6.07) is 1.74. The van der Waals surface area contributed by atoms with Gasteiger partial charge in [0.25, 0.3) is 5.91 Å². The van der Waals surface area contributed by atoms with Crippen molar-refractivity contribution in [3.05, 3.63) is 23.8 Å². The third-order valence-electron chi connectivity index (χ3n) is 7.98. The maximum atomic E-state index is 13.0. The number of amides is 1. The Morgan fingerprint density at radius 2 is 1.65 bits per heavy atom. The van der Waals surface area contributed by atoms with Crippen LogP contribution in [0.25, 0.3) is 0 Å². The Balaban J connectivity index is 1.28. The van der Waals surface area contributed by atoms with Gasteiger partial charge in [-0.1, -0.05) is 51.9 Å². The van der Waals surface area contributed by atoms with E-state index in [0.29, 0.717) is 11.5 Å². The smallest absolute Gasteiger partial charge is 0.270 e. The molecular weight excluding hydrogens is 384 g/mol. The lowest BCUT2D eigenvalue weighted by Crippen LogP contribution is -2.69. The molecule has 2 N–H and O–H groups in total. The number of hydrogen-bond donors (Lipinski definition) is 2. The molecule has 4 aliphatic rings. The van der Waals surface area contributed by atoms with E-state index in [9.17, 15) is 4.79 Å². The largest absolute Gasteiger partial charge is 0.345 e. The fourth-order valence-electron chi connectivity index (χ4n) is 7.12. The zero-order valence-corrected chi connectivity index (χ0v) is 19.7. The van der Waals surface area contributed by atoms with E-state index in [2.05, 4.69) is 27.5 Å². The summed E-state index contributed by atoms with van der Waals surface area (Å²) in [4.78, 5) is 21.5. The number of aromatic nitrogens is 2. The van der Waals surface area contributed by atoms with Crippen LogP contribution >= 0.6 is 0 Å². The van der Waals surface area contributed by atoms with E-state index in [4.69, 9.17) is 0 Å². The average molecular weight is 427 g/mol. The Kier molecular flexibility index (Phi) is 7.30. The third-order valence-corrected chi connectivity index (χ3v) is 7.98. The molecule has 0 radical (unpaired) electrons. The van der Waals surface area contributed by atoms with Crippen LogP contribution in [0, 0.1) is 18.8 Å². The van der Waals surface area contributed by atoms with E-state index in [1.807, 2.05) is 6.92 Å². The molecular formula is C26H42N4O. The molecule has 5 rings (SSSR count). The monoisotopic (exact) mass is 426 g/mol. The van der Waals surface area contributed by atoms with E-state index in [1.165, 1.54) is 70.6 Å². The summed E-state index contributed by atoms with van der Waals surface area (Å²) in [5.41, 5.74) is 0.691. The highest BCUT2D eigenvalue weighted by Gasteiger charge is 2.58. The first-order valence-electron chi connectivity index (χ1n) is 12.9. The predicted molar refractivity (Wildman–Crippen MR) is 125 cm³/mol. The Morgan fingerprint density at radius 1 is 1.00 bits per heavy atom. The zero-order chi connectivity index (χ0) is 21.7. The molecule has 2 atom stereocenters. The molecule has 5 heteroatoms. The van der Waals surface area contributed by atoms with E-state index < -0.39 is 0 Å². The van der Waals surface area contributed by atoms with Gasteiger partial charge < -0.3 is 10.6 Å². The minimum absolute atomic E-state index is 0.0225. The molecule has 1 aromatic heterocycles. The van der Waals surface area contributed by atoms with Crippen molar-refractivity contribution >= 4 is 5.91 Å². The van der Waals surface area contributed by atoms with Crippen molar-refractivity contribution in [2.75, 3.05) is 6.54 Å². The van der Waals surface area contributed by atoms with Crippen LogP contribution in [0.15, 0.2) is 12.3 Å². The van der Waals surface area contributed by atoms with Gasteiger partial charge in [-0.05, 0) is 76.3 Å². The summed E-state index contributed by atoms with van der Waals surface area (Å²) < 4.78 is 0. The summed E-state index contributed by atoms with van der Waals surface area (Å²) in [5.74, 6) is 2.13. The summed E-state index contributed by atoms with van der Waals surface area (Å²) in [5, 5.41) is 7.47. The van der Waals surface area contributed by atoms with E-state index in [0.717, 1.165) is 37.6 Å². The number of nitrogens with zero attached hydrogens (tertiary/aromatic N) is 2. The van der Waals surface area contributed by atoms with Gasteiger partial charge in [0, 0.05) is 17.3 Å². The molecule has 0 aromatic carbocycles. The molecule has 172 valence electrons. The van der Waals surface area contributed by atoms with Crippen LogP contribution < -0.4 is 10.6 Å². The second kappa shape index (κ2) is 9.97.